The quantitative estimate of drug-likeness (QED) is 0.425. The summed E-state index contributed by atoms with van der Waals surface area (Å²) in [4.78, 5) is 19.0. The highest BCUT2D eigenvalue weighted by Crippen LogP contribution is 2.31. The number of hydrogen-bond acceptors (Lipinski definition) is 6. The first kappa shape index (κ1) is 21.9. The van der Waals surface area contributed by atoms with Crippen molar-refractivity contribution < 1.29 is 18.8 Å². The molecule has 7 heteroatoms. The van der Waals surface area contributed by atoms with E-state index in [1.54, 1.807) is 0 Å². The van der Waals surface area contributed by atoms with Crippen LogP contribution < -0.4 is 9.47 Å². The van der Waals surface area contributed by atoms with E-state index in [0.717, 1.165) is 35.5 Å². The summed E-state index contributed by atoms with van der Waals surface area (Å²) in [5.41, 5.74) is 1.85. The predicted octanol–water partition coefficient (Wildman–Crippen LogP) is 4.83. The summed E-state index contributed by atoms with van der Waals surface area (Å²) in [6.45, 7) is 6.44. The van der Waals surface area contributed by atoms with Crippen LogP contribution in [0.1, 0.15) is 50.5 Å². The van der Waals surface area contributed by atoms with Gasteiger partial charge in [0.2, 0.25) is 17.6 Å². The Balaban J connectivity index is 1.40. The van der Waals surface area contributed by atoms with Crippen molar-refractivity contribution in [2.75, 3.05) is 19.8 Å². The van der Waals surface area contributed by atoms with Crippen LogP contribution >= 0.6 is 0 Å². The monoisotopic (exact) mass is 435 g/mol. The van der Waals surface area contributed by atoms with Gasteiger partial charge in [-0.3, -0.25) is 4.79 Å². The molecule has 1 aromatic heterocycles. The molecule has 4 rings (SSSR count). The highest BCUT2D eigenvalue weighted by atomic mass is 16.5. The second kappa shape index (κ2) is 10.3. The molecule has 0 N–H and O–H groups in total. The Morgan fingerprint density at radius 3 is 2.69 bits per heavy atom. The van der Waals surface area contributed by atoms with E-state index in [1.165, 1.54) is 0 Å². The van der Waals surface area contributed by atoms with Gasteiger partial charge < -0.3 is 18.9 Å². The van der Waals surface area contributed by atoms with Crippen molar-refractivity contribution in [3.05, 3.63) is 60.0 Å². The molecule has 1 fully saturated rings. The lowest BCUT2D eigenvalue weighted by atomic mass is 10.1. The van der Waals surface area contributed by atoms with E-state index in [1.807, 2.05) is 60.4 Å². The summed E-state index contributed by atoms with van der Waals surface area (Å²) in [5.74, 6) is 2.63. The van der Waals surface area contributed by atoms with Crippen LogP contribution in [0, 0.1) is 0 Å². The molecule has 32 heavy (non-hydrogen) atoms. The maximum atomic E-state index is 12.6. The van der Waals surface area contributed by atoms with Crippen molar-refractivity contribution >= 4 is 5.91 Å². The number of nitrogens with zero attached hydrogens (tertiary/aromatic N) is 3. The molecule has 1 aliphatic heterocycles. The number of benzene rings is 2. The van der Waals surface area contributed by atoms with Crippen molar-refractivity contribution in [1.82, 2.24) is 15.0 Å². The third-order valence-corrected chi connectivity index (χ3v) is 5.52. The number of para-hydroxylation sites is 1. The summed E-state index contributed by atoms with van der Waals surface area (Å²) in [6, 6.07) is 15.5. The molecule has 1 aliphatic rings. The van der Waals surface area contributed by atoms with E-state index in [-0.39, 0.29) is 11.8 Å². The highest BCUT2D eigenvalue weighted by Gasteiger charge is 2.34. The largest absolute Gasteiger partial charge is 0.494 e. The van der Waals surface area contributed by atoms with E-state index >= 15 is 0 Å². The average molecular weight is 436 g/mol. The average Bonchev–Trinajstić information content (AvgIpc) is 3.43. The first-order valence-electron chi connectivity index (χ1n) is 11.2. The van der Waals surface area contributed by atoms with E-state index in [2.05, 4.69) is 17.1 Å². The minimum absolute atomic E-state index is 0.0784. The van der Waals surface area contributed by atoms with Gasteiger partial charge in [-0.2, -0.15) is 4.98 Å². The Hall–Kier alpha value is -3.35. The number of unbranched alkanes of at least 4 members (excludes halogenated alkanes) is 1. The summed E-state index contributed by atoms with van der Waals surface area (Å²) < 4.78 is 16.9. The fourth-order valence-corrected chi connectivity index (χ4v) is 3.78. The Labute approximate surface area is 188 Å². The van der Waals surface area contributed by atoms with Gasteiger partial charge in [0.05, 0.1) is 19.1 Å². The minimum Gasteiger partial charge on any atom is -0.494 e. The lowest BCUT2D eigenvalue weighted by Gasteiger charge is -2.18. The molecule has 0 aliphatic carbocycles. The van der Waals surface area contributed by atoms with Crippen LogP contribution in [-0.2, 0) is 11.3 Å². The van der Waals surface area contributed by atoms with E-state index in [0.29, 0.717) is 44.4 Å². The molecule has 168 valence electrons. The molecule has 1 unspecified atom stereocenters. The molecule has 0 radical (unpaired) electrons. The zero-order valence-electron chi connectivity index (χ0n) is 18.6. The van der Waals surface area contributed by atoms with Gasteiger partial charge in [0, 0.05) is 30.6 Å². The number of carbonyl (C=O) groups is 1. The number of hydrogen-bond donors (Lipinski definition) is 0. The summed E-state index contributed by atoms with van der Waals surface area (Å²) in [6.07, 6.45) is 2.50. The number of ether oxygens (including phenoxy) is 2. The van der Waals surface area contributed by atoms with Crippen LogP contribution in [-0.4, -0.2) is 40.7 Å². The van der Waals surface area contributed by atoms with Crippen molar-refractivity contribution in [2.24, 2.45) is 0 Å². The number of likely N-dealkylation sites (tertiary alicyclic amines) is 1. The molecular formula is C25H29N3O4. The predicted molar refractivity (Wildman–Crippen MR) is 121 cm³/mol. The minimum atomic E-state index is -0.111. The van der Waals surface area contributed by atoms with Gasteiger partial charge in [0.25, 0.3) is 0 Å². The molecule has 1 atom stereocenters. The zero-order valence-corrected chi connectivity index (χ0v) is 18.6. The fourth-order valence-electron chi connectivity index (χ4n) is 3.78. The molecule has 1 saturated heterocycles. The molecule has 0 spiro atoms. The van der Waals surface area contributed by atoms with Gasteiger partial charge in [-0.15, -0.1) is 0 Å². The van der Waals surface area contributed by atoms with Crippen LogP contribution in [0.2, 0.25) is 0 Å². The van der Waals surface area contributed by atoms with Gasteiger partial charge >= 0.3 is 0 Å². The smallest absolute Gasteiger partial charge is 0.232 e. The second-order valence-electron chi connectivity index (χ2n) is 7.90. The molecule has 0 bridgehead atoms. The lowest BCUT2D eigenvalue weighted by molar-refractivity contribution is -0.128. The van der Waals surface area contributed by atoms with Crippen LogP contribution in [0.3, 0.4) is 0 Å². The summed E-state index contributed by atoms with van der Waals surface area (Å²) in [7, 11) is 0. The standard InChI is InChI=1S/C25H29N3O4/c1-3-5-14-31-21-12-10-18(11-13-21)24-26-25(32-27-24)20-15-23(29)28(17-20)16-19-8-6-7-9-22(19)30-4-2/h6-13,20H,3-5,14-17H2,1-2H3. The van der Waals surface area contributed by atoms with Crippen molar-refractivity contribution in [3.63, 3.8) is 0 Å². The van der Waals surface area contributed by atoms with Crippen molar-refractivity contribution in [3.8, 4) is 22.9 Å². The molecular weight excluding hydrogens is 406 g/mol. The molecule has 0 saturated carbocycles. The van der Waals surface area contributed by atoms with Crippen molar-refractivity contribution in [1.29, 1.82) is 0 Å². The molecule has 2 aromatic carbocycles. The Morgan fingerprint density at radius 2 is 1.91 bits per heavy atom. The summed E-state index contributed by atoms with van der Waals surface area (Å²) in [5, 5.41) is 4.13. The molecule has 7 nitrogen and oxygen atoms in total. The Kier molecular flexibility index (Phi) is 7.04. The highest BCUT2D eigenvalue weighted by molar-refractivity contribution is 5.79. The summed E-state index contributed by atoms with van der Waals surface area (Å²) >= 11 is 0. The van der Waals surface area contributed by atoms with Crippen LogP contribution in [0.5, 0.6) is 11.5 Å². The zero-order chi connectivity index (χ0) is 22.3. The van der Waals surface area contributed by atoms with E-state index < -0.39 is 0 Å². The van der Waals surface area contributed by atoms with Gasteiger partial charge in [0.1, 0.15) is 11.5 Å². The third-order valence-electron chi connectivity index (χ3n) is 5.52. The Bertz CT molecular complexity index is 1030. The van der Waals surface area contributed by atoms with Gasteiger partial charge in [-0.25, -0.2) is 0 Å². The molecule has 2 heterocycles. The van der Waals surface area contributed by atoms with Gasteiger partial charge in [0.15, 0.2) is 0 Å². The maximum absolute atomic E-state index is 12.6. The lowest BCUT2D eigenvalue weighted by Crippen LogP contribution is -2.24. The fraction of sp³-hybridized carbons (Fsp3) is 0.400. The Morgan fingerprint density at radius 1 is 1.09 bits per heavy atom. The van der Waals surface area contributed by atoms with Crippen LogP contribution in [0.25, 0.3) is 11.4 Å². The number of rotatable bonds is 10. The van der Waals surface area contributed by atoms with E-state index in [4.69, 9.17) is 14.0 Å². The van der Waals surface area contributed by atoms with Gasteiger partial charge in [-0.1, -0.05) is 36.7 Å². The van der Waals surface area contributed by atoms with Crippen molar-refractivity contribution in [2.45, 2.75) is 45.6 Å². The number of carbonyl (C=O) groups excluding carboxylic acids is 1. The van der Waals surface area contributed by atoms with Crippen LogP contribution in [0.15, 0.2) is 53.1 Å². The molecule has 3 aromatic rings. The van der Waals surface area contributed by atoms with E-state index in [9.17, 15) is 4.79 Å². The first-order valence-corrected chi connectivity index (χ1v) is 11.2. The van der Waals surface area contributed by atoms with Crippen LogP contribution in [0.4, 0.5) is 0 Å². The van der Waals surface area contributed by atoms with Gasteiger partial charge in [-0.05, 0) is 43.7 Å². The third kappa shape index (κ3) is 5.10. The SMILES string of the molecule is CCCCOc1ccc(-c2noc(C3CC(=O)N(Cc4ccccc4OCC)C3)n2)cc1. The number of aromatic nitrogens is 2. The maximum Gasteiger partial charge on any atom is 0.232 e. The molecule has 1 amide bonds. The second-order valence-corrected chi connectivity index (χ2v) is 7.90. The normalized spacial score (nSPS) is 15.9. The number of amides is 1. The topological polar surface area (TPSA) is 77.7 Å². The first-order chi connectivity index (χ1) is 15.7.